The summed E-state index contributed by atoms with van der Waals surface area (Å²) in [5, 5.41) is 34.7. The Morgan fingerprint density at radius 3 is 0.862 bits per heavy atom. The van der Waals surface area contributed by atoms with E-state index in [0.717, 1.165) is 47.1 Å². The Labute approximate surface area is 687 Å². The quantitative estimate of drug-likeness (QED) is 0.00965. The van der Waals surface area contributed by atoms with Gasteiger partial charge in [-0.3, -0.25) is 48.9 Å². The van der Waals surface area contributed by atoms with E-state index in [1.165, 1.54) is 46.6 Å². The van der Waals surface area contributed by atoms with Crippen LogP contribution in [-0.2, 0) is 47.9 Å². The van der Waals surface area contributed by atoms with E-state index in [-0.39, 0.29) is 34.7 Å². The second-order valence-corrected chi connectivity index (χ2v) is 27.7. The minimum absolute atomic E-state index is 0.0538. The molecule has 0 bridgehead atoms. The number of hydrogen-bond acceptors (Lipinski definition) is 20. The van der Waals surface area contributed by atoms with Gasteiger partial charge in [-0.15, -0.1) is 51.4 Å². The standard InChI is InChI=1S/C12H13F3O.C11H10F3NO2S.C11H9F3O3.C9H19N3.C8H19N.C6H5NO2.C4H4F3NO2S.C4H9NO2.C2H4N4OS.C2H7N.C2H6.CH3N3/c1-6-10(4,5)11(7-2,8-3)9(16)12(13,14)15;1-5-10(6-2,7(16)11(12,13)14)9(3,4)8(17)15-18;1-5-10(6-2,7(15)11(12,13)14)9(3,4)8(16)17;1-6-8(2,3)9(4,5)7-11-12-10;1-6-7(2,3)8(4,5)9;1-3-6(7,4-2)5(8)9;5-4(6,7)2(9)1-3(10)8-11;1-4(2,5)3(6)7;3-6-4-1-2(7)5-8;1-2-3;1-2;1-3-4-2/h2-3H,6H2,1,4-5H3;1-2,18H,3-4H3,(H,15,17);1-2H,3-4H3,(H,16,17);6-7H2,1-5H3;6,9H2,1-5H3;1-2H,7H2,(H,8,9);11H,1H2,(H,8,10);5H2,1-2H3,(H,6,7);8H,1H2,(H,5,7);2-3H2,1H3;1-2H3;1H3. The van der Waals surface area contributed by atoms with Crippen molar-refractivity contribution >= 4 is 97.2 Å². The minimum Gasteiger partial charge on any atom is -0.481 e. The lowest BCUT2D eigenvalue weighted by Gasteiger charge is -2.40. The van der Waals surface area contributed by atoms with Crippen molar-refractivity contribution in [3.05, 3.63) is 31.3 Å². The molecule has 44 heteroatoms. The first kappa shape index (κ1) is 132. The van der Waals surface area contributed by atoms with Gasteiger partial charge >= 0.3 is 42.6 Å². The molecule has 0 heterocycles. The average molecular weight is 1730 g/mol. The zero-order chi connectivity index (χ0) is 96.7. The predicted molar refractivity (Wildman–Crippen MR) is 427 cm³/mol. The molecule has 0 aromatic heterocycles. The van der Waals surface area contributed by atoms with E-state index in [1.54, 1.807) is 35.3 Å². The van der Waals surface area contributed by atoms with Gasteiger partial charge in [0, 0.05) is 33.9 Å². The summed E-state index contributed by atoms with van der Waals surface area (Å²) in [4.78, 5) is 114. The number of carboxylic acid groups (broad SMARTS) is 3. The van der Waals surface area contributed by atoms with Gasteiger partial charge in [0.05, 0.1) is 17.3 Å². The number of ketones is 4. The lowest BCUT2D eigenvalue weighted by Crippen LogP contribution is -2.54. The van der Waals surface area contributed by atoms with Crippen LogP contribution in [0.5, 0.6) is 0 Å². The summed E-state index contributed by atoms with van der Waals surface area (Å²) in [6.45, 7) is 39.9. The molecular formula is C72H108F12N16O13S3. The van der Waals surface area contributed by atoms with Crippen LogP contribution in [0.2, 0.25) is 0 Å². The van der Waals surface area contributed by atoms with Crippen LogP contribution in [0.3, 0.4) is 0 Å². The smallest absolute Gasteiger partial charge is 0.452 e. The molecule has 0 spiro atoms. The van der Waals surface area contributed by atoms with Crippen molar-refractivity contribution in [2.45, 2.75) is 219 Å². The molecule has 0 saturated carbocycles. The van der Waals surface area contributed by atoms with Crippen molar-refractivity contribution in [1.82, 2.24) is 14.2 Å². The second-order valence-electron chi connectivity index (χ2n) is 27.0. The Hall–Kier alpha value is -10.0. The fourth-order valence-electron chi connectivity index (χ4n) is 5.82. The van der Waals surface area contributed by atoms with E-state index >= 15 is 0 Å². The highest BCUT2D eigenvalue weighted by atomic mass is 32.1. The summed E-state index contributed by atoms with van der Waals surface area (Å²) < 4.78 is 152. The number of hydrogen-bond donors (Lipinski definition) is 13. The third-order valence-corrected chi connectivity index (χ3v) is 17.2. The zero-order valence-electron chi connectivity index (χ0n) is 68.7. The first-order chi connectivity index (χ1) is 51.8. The molecular weight excluding hydrogens is 1620 g/mol. The summed E-state index contributed by atoms with van der Waals surface area (Å²) >= 11 is 10.0. The molecule has 0 fully saturated rings. The van der Waals surface area contributed by atoms with Crippen molar-refractivity contribution < 1.29 is 116 Å². The Morgan fingerprint density at radius 2 is 0.698 bits per heavy atom. The molecule has 0 saturated heterocycles. The fraction of sp³-hybridized carbons (Fsp3) is 0.639. The predicted octanol–water partition coefficient (Wildman–Crippen LogP) is 13.1. The van der Waals surface area contributed by atoms with Gasteiger partial charge in [0.15, 0.2) is 16.2 Å². The third kappa shape index (κ3) is 46.5. The Kier molecular flexibility index (Phi) is 66.0. The van der Waals surface area contributed by atoms with Crippen LogP contribution in [-0.4, -0.2) is 142 Å². The second kappa shape index (κ2) is 57.9. The molecule has 0 aliphatic carbocycles. The summed E-state index contributed by atoms with van der Waals surface area (Å²) in [5.74, 6) is -1.89. The van der Waals surface area contributed by atoms with Gasteiger partial charge < -0.3 is 46.7 Å². The van der Waals surface area contributed by atoms with Crippen molar-refractivity contribution in [3.63, 3.8) is 0 Å². The Bertz CT molecular complexity index is 3660. The van der Waals surface area contributed by atoms with Crippen molar-refractivity contribution in [2.24, 2.45) is 87.0 Å². The number of aliphatic carboxylic acids is 3. The number of halogens is 12. The number of terminal acetylenes is 8. The van der Waals surface area contributed by atoms with E-state index in [1.807, 2.05) is 42.1 Å². The molecule has 0 aliphatic heterocycles. The van der Waals surface area contributed by atoms with Gasteiger partial charge in [-0.2, -0.15) is 52.7 Å². The van der Waals surface area contributed by atoms with E-state index in [9.17, 15) is 101 Å². The molecule has 0 unspecified atom stereocenters. The number of azide groups is 3. The number of rotatable bonds is 21. The SMILES string of the molecule is C#CC(C#C)(C(=O)C(F)(F)F)C(C)(C)C(=O)NS.C#CC(C#C)(C(=O)C(F)(F)F)C(C)(C)C(=O)O.C#CC(C#C)(C(=O)C(F)(F)F)C(C)(C)CC.C#CC(N)(C#C)C(=O)O.CC.CC(C)(N)C(=O)O.CCC(C)(C)C(C)(C)CN=[N+]=[N-].CCC(C)(C)C(C)(C)N.CCN.CN=[N+]=[N-].O=C(CC(=O)C(F)(F)F)NS.[N-]=[N+]=NCC(=O)NS. The lowest BCUT2D eigenvalue weighted by atomic mass is 9.62. The number of carboxylic acids is 3. The molecule has 656 valence electrons. The number of Topliss-reactive ketones (excluding diaryl/α,β-unsaturated/α-hetero) is 4. The van der Waals surface area contributed by atoms with E-state index in [0.29, 0.717) is 6.54 Å². The minimum atomic E-state index is -5.30. The highest BCUT2D eigenvalue weighted by Gasteiger charge is 2.63. The van der Waals surface area contributed by atoms with Crippen molar-refractivity contribution in [3.8, 4) is 98.8 Å². The normalized spacial score (nSPS) is 11.1. The molecule has 3 amide bonds. The van der Waals surface area contributed by atoms with Gasteiger partial charge in [-0.1, -0.05) is 205 Å². The molecule has 0 atom stereocenters. The molecule has 0 aliphatic rings. The summed E-state index contributed by atoms with van der Waals surface area (Å²) in [5.41, 5.74) is 28.4. The summed E-state index contributed by atoms with van der Waals surface area (Å²) in [6.07, 6.45) is 20.0. The molecule has 0 rings (SSSR count). The third-order valence-electron chi connectivity index (χ3n) is 16.5. The maximum absolute atomic E-state index is 12.5. The van der Waals surface area contributed by atoms with E-state index < -0.39 is 133 Å². The summed E-state index contributed by atoms with van der Waals surface area (Å²) in [6, 6.07) is 0. The number of thiol groups is 3. The Morgan fingerprint density at radius 1 is 0.422 bits per heavy atom. The van der Waals surface area contributed by atoms with Crippen LogP contribution in [0.15, 0.2) is 15.3 Å². The van der Waals surface area contributed by atoms with Crippen molar-refractivity contribution in [2.75, 3.05) is 26.7 Å². The molecule has 0 aromatic rings. The number of carbonyl (C=O) groups excluding carboxylic acids is 7. The van der Waals surface area contributed by atoms with Gasteiger partial charge in [-0.25, -0.2) is 4.79 Å². The number of nitrogens with two attached hydrogens (primary N) is 4. The molecule has 14 N–H and O–H groups in total. The Balaban J connectivity index is -0.000000105. The van der Waals surface area contributed by atoms with Crippen LogP contribution in [0, 0.1) is 147 Å². The first-order valence-corrected chi connectivity index (χ1v) is 33.9. The number of nitrogens with one attached hydrogen (secondary N) is 3. The monoisotopic (exact) mass is 1730 g/mol. The van der Waals surface area contributed by atoms with Crippen LogP contribution in [0.4, 0.5) is 52.7 Å². The molecule has 0 aromatic carbocycles. The molecule has 0 radical (unpaired) electrons. The number of carbonyl (C=O) groups is 10. The number of alkyl halides is 12. The largest absolute Gasteiger partial charge is 0.481 e. The molecule has 29 nitrogen and oxygen atoms in total. The van der Waals surface area contributed by atoms with Crippen LogP contribution < -0.4 is 37.1 Å². The van der Waals surface area contributed by atoms with Gasteiger partial charge in [0.1, 0.15) is 12.1 Å². The van der Waals surface area contributed by atoms with Crippen LogP contribution in [0.25, 0.3) is 31.3 Å². The number of amides is 3. The maximum atomic E-state index is 12.5. The maximum Gasteiger partial charge on any atom is 0.452 e. The number of nitrogens with zero attached hydrogens (tertiary/aromatic N) is 9. The van der Waals surface area contributed by atoms with Gasteiger partial charge in [-0.05, 0) is 113 Å². The topological polar surface area (TPSA) is 518 Å². The van der Waals surface area contributed by atoms with Gasteiger partial charge in [0.25, 0.3) is 17.3 Å². The van der Waals surface area contributed by atoms with Crippen LogP contribution >= 0.6 is 38.4 Å². The highest BCUT2D eigenvalue weighted by Crippen LogP contribution is 2.47. The zero-order valence-corrected chi connectivity index (χ0v) is 71.4. The van der Waals surface area contributed by atoms with E-state index in [2.05, 4.69) is 138 Å². The van der Waals surface area contributed by atoms with Gasteiger partial charge in [0.2, 0.25) is 29.0 Å². The fourth-order valence-corrected chi connectivity index (χ4v) is 6.25. The average Bonchev–Trinajstić information content (AvgIpc) is 0.768. The summed E-state index contributed by atoms with van der Waals surface area (Å²) in [7, 11) is 1.39. The lowest BCUT2D eigenvalue weighted by molar-refractivity contribution is -0.184. The molecule has 116 heavy (non-hydrogen) atoms. The highest BCUT2D eigenvalue weighted by molar-refractivity contribution is 7.79. The van der Waals surface area contributed by atoms with Crippen LogP contribution in [0.1, 0.15) is 178 Å². The van der Waals surface area contributed by atoms with Crippen molar-refractivity contribution in [1.29, 1.82) is 0 Å². The first-order valence-electron chi connectivity index (χ1n) is 32.6. The van der Waals surface area contributed by atoms with E-state index in [4.69, 9.17) is 106 Å².